The number of alkyl carbamates (subject to hydrolysis) is 1. The molecule has 0 rings (SSSR count). The molecule has 0 saturated heterocycles. The first kappa shape index (κ1) is 13.2. The molecule has 0 fully saturated rings. The number of carbonyl (C=O) groups is 1. The van der Waals surface area contributed by atoms with Crippen molar-refractivity contribution in [3.63, 3.8) is 0 Å². The van der Waals surface area contributed by atoms with Gasteiger partial charge in [0.05, 0.1) is 0 Å². The van der Waals surface area contributed by atoms with Gasteiger partial charge in [-0.3, -0.25) is 0 Å². The molecule has 0 aliphatic carbocycles. The summed E-state index contributed by atoms with van der Waals surface area (Å²) in [7, 11) is 0. The summed E-state index contributed by atoms with van der Waals surface area (Å²) in [5.74, 6) is 0. The van der Waals surface area contributed by atoms with Crippen LogP contribution in [0.25, 0.3) is 0 Å². The largest absolute Gasteiger partial charge is 0.444 e. The second kappa shape index (κ2) is 5.86. The molecule has 0 aromatic heterocycles. The number of nitrogens with one attached hydrogen (secondary N) is 1. The normalized spacial score (nSPS) is 13.5. The lowest BCUT2D eigenvalue weighted by Gasteiger charge is -2.22. The van der Waals surface area contributed by atoms with Crippen molar-refractivity contribution >= 4 is 6.09 Å². The van der Waals surface area contributed by atoms with Crippen molar-refractivity contribution in [2.45, 2.75) is 52.2 Å². The van der Waals surface area contributed by atoms with E-state index in [1.165, 1.54) is 0 Å². The average molecular weight is 203 g/mol. The second-order valence-corrected chi connectivity index (χ2v) is 4.26. The van der Waals surface area contributed by atoms with Gasteiger partial charge in [-0.15, -0.1) is 0 Å². The van der Waals surface area contributed by atoms with Crippen LogP contribution in [-0.2, 0) is 4.74 Å². The average Bonchev–Trinajstić information content (AvgIpc) is 2.00. The lowest BCUT2D eigenvalue weighted by Crippen LogP contribution is -2.39. The lowest BCUT2D eigenvalue weighted by atomic mass is 10.1. The highest BCUT2D eigenvalue weighted by atomic mass is 16.6. The van der Waals surface area contributed by atoms with Crippen molar-refractivity contribution in [1.82, 2.24) is 5.32 Å². The summed E-state index contributed by atoms with van der Waals surface area (Å²) in [6.07, 6.45) is 0.938. The van der Waals surface area contributed by atoms with Gasteiger partial charge in [-0.1, -0.05) is 6.92 Å². The SMILES string of the molecule is CC[C@@H](CCO)NC(=O)OC(C)(C)C. The van der Waals surface area contributed by atoms with Crippen LogP contribution < -0.4 is 5.32 Å². The third-order valence-corrected chi connectivity index (χ3v) is 1.69. The van der Waals surface area contributed by atoms with Gasteiger partial charge in [0, 0.05) is 12.6 Å². The Morgan fingerprint density at radius 2 is 2.07 bits per heavy atom. The van der Waals surface area contributed by atoms with Crippen LogP contribution in [0.15, 0.2) is 0 Å². The summed E-state index contributed by atoms with van der Waals surface area (Å²) in [6.45, 7) is 7.49. The van der Waals surface area contributed by atoms with Gasteiger partial charge in [0.25, 0.3) is 0 Å². The van der Waals surface area contributed by atoms with Gasteiger partial charge in [-0.25, -0.2) is 4.79 Å². The number of aliphatic hydroxyl groups is 1. The minimum absolute atomic E-state index is 0.00477. The van der Waals surface area contributed by atoms with E-state index in [0.717, 1.165) is 6.42 Å². The van der Waals surface area contributed by atoms with Crippen LogP contribution in [0.2, 0.25) is 0 Å². The van der Waals surface area contributed by atoms with Crippen LogP contribution in [0.5, 0.6) is 0 Å². The summed E-state index contributed by atoms with van der Waals surface area (Å²) >= 11 is 0. The predicted molar refractivity (Wildman–Crippen MR) is 55.2 cm³/mol. The molecule has 4 heteroatoms. The zero-order valence-corrected chi connectivity index (χ0v) is 9.46. The van der Waals surface area contributed by atoms with Gasteiger partial charge < -0.3 is 15.2 Å². The molecule has 0 aliphatic heterocycles. The molecule has 0 spiro atoms. The molecule has 0 bridgehead atoms. The number of hydrogen-bond acceptors (Lipinski definition) is 3. The van der Waals surface area contributed by atoms with Crippen molar-refractivity contribution in [1.29, 1.82) is 0 Å². The lowest BCUT2D eigenvalue weighted by molar-refractivity contribution is 0.0496. The van der Waals surface area contributed by atoms with Gasteiger partial charge >= 0.3 is 6.09 Å². The van der Waals surface area contributed by atoms with Crippen LogP contribution in [0.1, 0.15) is 40.5 Å². The van der Waals surface area contributed by atoms with Crippen molar-refractivity contribution in [3.8, 4) is 0 Å². The number of rotatable bonds is 4. The van der Waals surface area contributed by atoms with Gasteiger partial charge in [0.1, 0.15) is 5.60 Å². The van der Waals surface area contributed by atoms with Gasteiger partial charge in [-0.05, 0) is 33.6 Å². The first-order chi connectivity index (χ1) is 6.39. The summed E-state index contributed by atoms with van der Waals surface area (Å²) in [5, 5.41) is 11.4. The topological polar surface area (TPSA) is 58.6 Å². The Bertz CT molecular complexity index is 175. The number of carbonyl (C=O) groups excluding carboxylic acids is 1. The molecule has 0 aromatic rings. The van der Waals surface area contributed by atoms with E-state index in [1.54, 1.807) is 0 Å². The molecule has 84 valence electrons. The summed E-state index contributed by atoms with van der Waals surface area (Å²) in [5.41, 5.74) is -0.471. The van der Waals surface area contributed by atoms with E-state index in [-0.39, 0.29) is 12.6 Å². The third kappa shape index (κ3) is 6.71. The molecule has 2 N–H and O–H groups in total. The van der Waals surface area contributed by atoms with Crippen LogP contribution in [0, 0.1) is 0 Å². The number of ether oxygens (including phenoxy) is 1. The monoisotopic (exact) mass is 203 g/mol. The predicted octanol–water partition coefficient (Wildman–Crippen LogP) is 1.67. The van der Waals surface area contributed by atoms with Crippen LogP contribution in [0.3, 0.4) is 0 Å². The molecule has 0 aliphatic rings. The van der Waals surface area contributed by atoms with Crippen molar-refractivity contribution in [2.75, 3.05) is 6.61 Å². The zero-order valence-electron chi connectivity index (χ0n) is 9.46. The Labute approximate surface area is 85.6 Å². The van der Waals surface area contributed by atoms with Crippen LogP contribution >= 0.6 is 0 Å². The van der Waals surface area contributed by atoms with E-state index in [2.05, 4.69) is 5.32 Å². The van der Waals surface area contributed by atoms with Crippen LogP contribution in [0.4, 0.5) is 4.79 Å². The smallest absolute Gasteiger partial charge is 0.407 e. The number of hydrogen-bond donors (Lipinski definition) is 2. The molecule has 1 atom stereocenters. The maximum atomic E-state index is 11.3. The minimum atomic E-state index is -0.471. The first-order valence-corrected chi connectivity index (χ1v) is 4.99. The van der Waals surface area contributed by atoms with E-state index in [1.807, 2.05) is 27.7 Å². The van der Waals surface area contributed by atoms with Crippen molar-refractivity contribution in [3.05, 3.63) is 0 Å². The summed E-state index contributed by atoms with van der Waals surface area (Å²) < 4.78 is 5.08. The highest BCUT2D eigenvalue weighted by Crippen LogP contribution is 2.07. The minimum Gasteiger partial charge on any atom is -0.444 e. The molecule has 0 radical (unpaired) electrons. The van der Waals surface area contributed by atoms with Crippen molar-refractivity contribution < 1.29 is 14.6 Å². The highest BCUT2D eigenvalue weighted by molar-refractivity contribution is 5.68. The fraction of sp³-hybridized carbons (Fsp3) is 0.900. The van der Waals surface area contributed by atoms with E-state index in [0.29, 0.717) is 6.42 Å². The van der Waals surface area contributed by atoms with E-state index < -0.39 is 11.7 Å². The molecule has 1 amide bonds. The quantitative estimate of drug-likeness (QED) is 0.730. The molecule has 0 heterocycles. The fourth-order valence-electron chi connectivity index (χ4n) is 1.01. The number of amides is 1. The second-order valence-electron chi connectivity index (χ2n) is 4.26. The Kier molecular flexibility index (Phi) is 5.53. The van der Waals surface area contributed by atoms with Gasteiger partial charge in [0.15, 0.2) is 0 Å². The molecular formula is C10H21NO3. The van der Waals surface area contributed by atoms with E-state index in [9.17, 15) is 4.79 Å². The zero-order chi connectivity index (χ0) is 11.2. The fourth-order valence-corrected chi connectivity index (χ4v) is 1.01. The Balaban J connectivity index is 3.91. The molecule has 14 heavy (non-hydrogen) atoms. The van der Waals surface area contributed by atoms with Crippen LogP contribution in [-0.4, -0.2) is 29.4 Å². The maximum absolute atomic E-state index is 11.3. The van der Waals surface area contributed by atoms with Crippen molar-refractivity contribution in [2.24, 2.45) is 0 Å². The molecule has 0 unspecified atom stereocenters. The molecule has 0 aromatic carbocycles. The Morgan fingerprint density at radius 3 is 2.43 bits per heavy atom. The molecular weight excluding hydrogens is 182 g/mol. The Morgan fingerprint density at radius 1 is 1.50 bits per heavy atom. The standard InChI is InChI=1S/C10H21NO3/c1-5-8(6-7-12)11-9(13)14-10(2,3)4/h8,12H,5-7H2,1-4H3,(H,11,13)/t8-/m0/s1. The summed E-state index contributed by atoms with van der Waals surface area (Å²) in [6, 6.07) is -0.00477. The molecule has 4 nitrogen and oxygen atoms in total. The summed E-state index contributed by atoms with van der Waals surface area (Å²) in [4.78, 5) is 11.3. The Hall–Kier alpha value is -0.770. The van der Waals surface area contributed by atoms with Gasteiger partial charge in [-0.2, -0.15) is 0 Å². The third-order valence-electron chi connectivity index (χ3n) is 1.69. The van der Waals surface area contributed by atoms with Gasteiger partial charge in [0.2, 0.25) is 0 Å². The molecule has 0 saturated carbocycles. The van der Waals surface area contributed by atoms with E-state index >= 15 is 0 Å². The van der Waals surface area contributed by atoms with E-state index in [4.69, 9.17) is 9.84 Å². The highest BCUT2D eigenvalue weighted by Gasteiger charge is 2.18. The maximum Gasteiger partial charge on any atom is 0.407 e. The number of aliphatic hydroxyl groups excluding tert-OH is 1. The first-order valence-electron chi connectivity index (χ1n) is 4.99.